The molecule has 0 unspecified atom stereocenters. The number of nitrogens with one attached hydrogen (secondary N) is 2. The molecule has 0 atom stereocenters. The highest BCUT2D eigenvalue weighted by Crippen LogP contribution is 2.22. The summed E-state index contributed by atoms with van der Waals surface area (Å²) in [5.74, 6) is -1.71. The van der Waals surface area contributed by atoms with Crippen LogP contribution in [0.25, 0.3) is 11.0 Å². The van der Waals surface area contributed by atoms with Crippen LogP contribution >= 0.6 is 11.8 Å². The topological polar surface area (TPSA) is 81.6 Å². The fourth-order valence-electron chi connectivity index (χ4n) is 2.19. The lowest BCUT2D eigenvalue weighted by atomic mass is 10.2. The Morgan fingerprint density at radius 1 is 1.28 bits per heavy atom. The van der Waals surface area contributed by atoms with Gasteiger partial charge in [-0.05, 0) is 12.1 Å². The molecule has 1 heterocycles. The Balaban J connectivity index is 1.57. The van der Waals surface area contributed by atoms with E-state index in [9.17, 15) is 13.6 Å². The number of aromatic nitrogens is 2. The van der Waals surface area contributed by atoms with Crippen molar-refractivity contribution in [3.05, 3.63) is 53.6 Å². The minimum Gasteiger partial charge on any atom is -0.333 e. The summed E-state index contributed by atoms with van der Waals surface area (Å²) in [6, 6.07) is 10.8. The van der Waals surface area contributed by atoms with Crippen LogP contribution in [0.4, 0.5) is 14.5 Å². The Morgan fingerprint density at radius 2 is 2.04 bits per heavy atom. The summed E-state index contributed by atoms with van der Waals surface area (Å²) in [4.78, 5) is 19.0. The zero-order valence-electron chi connectivity index (χ0n) is 12.8. The molecule has 126 valence electrons. The summed E-state index contributed by atoms with van der Waals surface area (Å²) in [7, 11) is 0. The predicted molar refractivity (Wildman–Crippen MR) is 91.1 cm³/mol. The second-order valence-corrected chi connectivity index (χ2v) is 6.21. The third kappa shape index (κ3) is 3.95. The van der Waals surface area contributed by atoms with E-state index in [1.165, 1.54) is 11.8 Å². The van der Waals surface area contributed by atoms with Crippen molar-refractivity contribution in [2.75, 3.05) is 11.1 Å². The van der Waals surface area contributed by atoms with Gasteiger partial charge < -0.3 is 10.3 Å². The molecule has 0 saturated carbocycles. The average Bonchev–Trinajstić information content (AvgIpc) is 2.97. The molecule has 1 aromatic heterocycles. The van der Waals surface area contributed by atoms with E-state index in [0.29, 0.717) is 33.2 Å². The normalized spacial score (nSPS) is 10.6. The lowest BCUT2D eigenvalue weighted by Gasteiger charge is -2.06. The molecule has 0 bridgehead atoms. The van der Waals surface area contributed by atoms with Crippen LogP contribution in [-0.4, -0.2) is 21.6 Å². The quantitative estimate of drug-likeness (QED) is 0.679. The molecule has 0 spiro atoms. The Kier molecular flexibility index (Phi) is 4.95. The minimum atomic E-state index is -0.953. The number of benzene rings is 2. The van der Waals surface area contributed by atoms with E-state index >= 15 is 0 Å². The van der Waals surface area contributed by atoms with Gasteiger partial charge in [-0.25, -0.2) is 13.8 Å². The smallest absolute Gasteiger partial charge is 0.225 e. The summed E-state index contributed by atoms with van der Waals surface area (Å²) >= 11 is 1.27. The van der Waals surface area contributed by atoms with Crippen molar-refractivity contribution in [1.29, 1.82) is 5.26 Å². The molecule has 0 aliphatic carbocycles. The summed E-state index contributed by atoms with van der Waals surface area (Å²) in [5.41, 5.74) is 1.59. The second kappa shape index (κ2) is 7.32. The van der Waals surface area contributed by atoms with E-state index in [1.54, 1.807) is 24.3 Å². The first-order valence-electron chi connectivity index (χ1n) is 7.33. The molecule has 3 aromatic rings. The Hall–Kier alpha value is -2.92. The van der Waals surface area contributed by atoms with E-state index in [0.717, 1.165) is 12.1 Å². The van der Waals surface area contributed by atoms with Gasteiger partial charge in [0.25, 0.3) is 0 Å². The van der Waals surface area contributed by atoms with Gasteiger partial charge in [0.15, 0.2) is 16.8 Å². The molecule has 2 N–H and O–H groups in total. The first kappa shape index (κ1) is 16.9. The van der Waals surface area contributed by atoms with Crippen LogP contribution in [0, 0.1) is 23.0 Å². The molecule has 0 aliphatic heterocycles. The number of halogens is 2. The van der Waals surface area contributed by atoms with Gasteiger partial charge in [-0.2, -0.15) is 5.26 Å². The van der Waals surface area contributed by atoms with Gasteiger partial charge in [-0.1, -0.05) is 23.9 Å². The fraction of sp³-hybridized carbons (Fsp3) is 0.118. The van der Waals surface area contributed by atoms with Crippen LogP contribution in [0.5, 0.6) is 0 Å². The standard InChI is InChI=1S/C17H12F2N4OS/c18-11-7-14-15(8-12(11)19)23-17(22-14)25-6-5-16(24)21-13-4-2-1-3-10(13)9-20/h1-4,7-8H,5-6H2,(H,21,24)(H,22,23). The zero-order valence-corrected chi connectivity index (χ0v) is 13.7. The van der Waals surface area contributed by atoms with Crippen molar-refractivity contribution in [3.8, 4) is 6.07 Å². The Bertz CT molecular complexity index is 941. The molecular formula is C17H12F2N4OS. The number of para-hydroxylation sites is 1. The number of hydrogen-bond donors (Lipinski definition) is 2. The number of carbonyl (C=O) groups is 1. The molecule has 0 radical (unpaired) electrons. The highest BCUT2D eigenvalue weighted by Gasteiger charge is 2.10. The van der Waals surface area contributed by atoms with Gasteiger partial charge in [0, 0.05) is 24.3 Å². The van der Waals surface area contributed by atoms with Gasteiger partial charge in [-0.3, -0.25) is 4.79 Å². The number of H-pyrrole nitrogens is 1. The minimum absolute atomic E-state index is 0.199. The number of amides is 1. The number of carbonyl (C=O) groups excluding carboxylic acids is 1. The molecule has 8 heteroatoms. The molecule has 3 rings (SSSR count). The third-order valence-corrected chi connectivity index (χ3v) is 4.27. The van der Waals surface area contributed by atoms with Crippen LogP contribution in [0.15, 0.2) is 41.6 Å². The largest absolute Gasteiger partial charge is 0.333 e. The monoisotopic (exact) mass is 358 g/mol. The lowest BCUT2D eigenvalue weighted by molar-refractivity contribution is -0.115. The van der Waals surface area contributed by atoms with Crippen LogP contribution in [-0.2, 0) is 4.79 Å². The fourth-order valence-corrected chi connectivity index (χ4v) is 3.02. The van der Waals surface area contributed by atoms with Crippen LogP contribution in [0.3, 0.4) is 0 Å². The number of nitrogens with zero attached hydrogens (tertiary/aromatic N) is 2. The van der Waals surface area contributed by atoms with Crippen molar-refractivity contribution in [2.45, 2.75) is 11.6 Å². The van der Waals surface area contributed by atoms with E-state index in [-0.39, 0.29) is 12.3 Å². The molecular weight excluding hydrogens is 346 g/mol. The molecule has 5 nitrogen and oxygen atoms in total. The number of aromatic amines is 1. The number of nitriles is 1. The second-order valence-electron chi connectivity index (χ2n) is 5.13. The number of anilines is 1. The van der Waals surface area contributed by atoms with Gasteiger partial charge >= 0.3 is 0 Å². The highest BCUT2D eigenvalue weighted by molar-refractivity contribution is 7.99. The molecule has 2 aromatic carbocycles. The number of imidazole rings is 1. The zero-order chi connectivity index (χ0) is 17.8. The van der Waals surface area contributed by atoms with Crippen LogP contribution in [0.2, 0.25) is 0 Å². The highest BCUT2D eigenvalue weighted by atomic mass is 32.2. The Morgan fingerprint density at radius 3 is 2.84 bits per heavy atom. The van der Waals surface area contributed by atoms with Crippen molar-refractivity contribution < 1.29 is 13.6 Å². The van der Waals surface area contributed by atoms with Gasteiger partial charge in [0.2, 0.25) is 5.91 Å². The predicted octanol–water partition coefficient (Wildman–Crippen LogP) is 3.83. The van der Waals surface area contributed by atoms with Gasteiger partial charge in [-0.15, -0.1) is 0 Å². The first-order valence-corrected chi connectivity index (χ1v) is 8.32. The maximum Gasteiger partial charge on any atom is 0.225 e. The Labute approximate surface area is 146 Å². The van der Waals surface area contributed by atoms with Gasteiger partial charge in [0.05, 0.1) is 22.3 Å². The molecule has 0 fully saturated rings. The number of thioether (sulfide) groups is 1. The van der Waals surface area contributed by atoms with Crippen molar-refractivity contribution in [1.82, 2.24) is 9.97 Å². The number of rotatable bonds is 5. The van der Waals surface area contributed by atoms with Gasteiger partial charge in [0.1, 0.15) is 6.07 Å². The SMILES string of the molecule is N#Cc1ccccc1NC(=O)CCSc1nc2cc(F)c(F)cc2[nH]1. The van der Waals surface area contributed by atoms with E-state index in [1.807, 2.05) is 6.07 Å². The summed E-state index contributed by atoms with van der Waals surface area (Å²) < 4.78 is 26.4. The molecule has 0 aliphatic rings. The van der Waals surface area contributed by atoms with Crippen LogP contribution in [0.1, 0.15) is 12.0 Å². The van der Waals surface area contributed by atoms with Crippen molar-refractivity contribution in [3.63, 3.8) is 0 Å². The lowest BCUT2D eigenvalue weighted by Crippen LogP contribution is -2.13. The van der Waals surface area contributed by atoms with E-state index < -0.39 is 11.6 Å². The van der Waals surface area contributed by atoms with E-state index in [4.69, 9.17) is 5.26 Å². The molecule has 1 amide bonds. The summed E-state index contributed by atoms with van der Waals surface area (Å²) in [6.45, 7) is 0. The van der Waals surface area contributed by atoms with Crippen molar-refractivity contribution in [2.24, 2.45) is 0 Å². The number of fused-ring (bicyclic) bond motifs is 1. The van der Waals surface area contributed by atoms with E-state index in [2.05, 4.69) is 15.3 Å². The van der Waals surface area contributed by atoms with Crippen LogP contribution < -0.4 is 5.32 Å². The number of hydrogen-bond acceptors (Lipinski definition) is 4. The third-order valence-electron chi connectivity index (χ3n) is 3.39. The summed E-state index contributed by atoms with van der Waals surface area (Å²) in [5, 5.41) is 12.2. The summed E-state index contributed by atoms with van der Waals surface area (Å²) in [6.07, 6.45) is 0.199. The average molecular weight is 358 g/mol. The maximum absolute atomic E-state index is 13.2. The molecule has 0 saturated heterocycles. The van der Waals surface area contributed by atoms with Crippen molar-refractivity contribution >= 4 is 34.4 Å². The first-order chi connectivity index (χ1) is 12.1. The maximum atomic E-state index is 13.2. The molecule has 25 heavy (non-hydrogen) atoms.